The van der Waals surface area contributed by atoms with E-state index in [2.05, 4.69) is 4.74 Å². The fraction of sp³-hybridized carbons (Fsp3) is 0.333. The van der Waals surface area contributed by atoms with Gasteiger partial charge in [0.05, 0.1) is 13.2 Å². The number of hydrogen-bond donors (Lipinski definition) is 0. The molecule has 2 unspecified atom stereocenters. The van der Waals surface area contributed by atoms with Gasteiger partial charge in [0.2, 0.25) is 0 Å². The minimum Gasteiger partial charge on any atom is -0.429 e. The number of rotatable bonds is 5. The largest absolute Gasteiger partial charge is 0.432 e. The summed E-state index contributed by atoms with van der Waals surface area (Å²) in [6.07, 6.45) is -10.5. The number of alkyl halides is 4. The molecule has 2 atom stereocenters. The van der Waals surface area contributed by atoms with E-state index in [4.69, 9.17) is 9.47 Å². The second kappa shape index (κ2) is 9.62. The van der Waals surface area contributed by atoms with E-state index in [9.17, 15) is 35.1 Å². The van der Waals surface area contributed by atoms with Gasteiger partial charge in [-0.25, -0.2) is 26.3 Å². The van der Waals surface area contributed by atoms with Crippen LogP contribution in [0.2, 0.25) is 0 Å². The fourth-order valence-corrected chi connectivity index (χ4v) is 3.63. The quantitative estimate of drug-likeness (QED) is 0.411. The Morgan fingerprint density at radius 2 is 1.54 bits per heavy atom. The van der Waals surface area contributed by atoms with Crippen molar-refractivity contribution < 1.29 is 49.3 Å². The maximum absolute atomic E-state index is 14.7. The molecule has 2 aromatic rings. The third kappa shape index (κ3) is 5.20. The number of halogens is 8. The summed E-state index contributed by atoms with van der Waals surface area (Å²) in [5, 5.41) is 0. The number of allylic oxidation sites excluding steroid dienone is 3. The van der Waals surface area contributed by atoms with Gasteiger partial charge >= 0.3 is 6.11 Å². The Balaban J connectivity index is 1.60. The zero-order chi connectivity index (χ0) is 25.5. The Bertz CT molecular complexity index is 1150. The molecule has 4 rings (SSSR count). The van der Waals surface area contributed by atoms with Gasteiger partial charge in [-0.1, -0.05) is 19.1 Å². The highest BCUT2D eigenvalue weighted by atomic mass is 19.3. The molecule has 1 aliphatic heterocycles. The van der Waals surface area contributed by atoms with Crippen LogP contribution in [0, 0.1) is 23.4 Å². The van der Waals surface area contributed by atoms with Gasteiger partial charge in [0, 0.05) is 23.1 Å². The molecular formula is C24H18F8O3. The highest BCUT2D eigenvalue weighted by Crippen LogP contribution is 2.40. The minimum atomic E-state index is -4.73. The van der Waals surface area contributed by atoms with Crippen LogP contribution in [0.15, 0.2) is 54.1 Å². The molecule has 0 bridgehead atoms. The Labute approximate surface area is 194 Å². The molecule has 1 fully saturated rings. The van der Waals surface area contributed by atoms with Crippen molar-refractivity contribution in [1.29, 1.82) is 0 Å². The molecule has 188 valence electrons. The standard InChI is InChI=1S/C24H18F8O3/c1-11-9-33-23(34-10-11)12-2-3-15(16(25)4-12)13-5-17(26)21(18(27)6-13)24(31,32)35-14-7-19(28)22(30)20(29)8-14/h2-8,11,19,22-23H,9-10H2,1H3. The van der Waals surface area contributed by atoms with Crippen LogP contribution in [0.25, 0.3) is 11.1 Å². The SMILES string of the molecule is CC1COC(c2ccc(-c3cc(F)c(C(F)(F)OC4=CC(F)C(F)C(F)=C4)c(F)c3)c(F)c2)OC1. The van der Waals surface area contributed by atoms with Crippen molar-refractivity contribution in [2.24, 2.45) is 5.92 Å². The maximum atomic E-state index is 14.7. The van der Waals surface area contributed by atoms with Crippen molar-refractivity contribution in [3.8, 4) is 11.1 Å². The summed E-state index contributed by atoms with van der Waals surface area (Å²) in [6, 6.07) is 4.56. The van der Waals surface area contributed by atoms with Crippen LogP contribution in [-0.2, 0) is 20.3 Å². The van der Waals surface area contributed by atoms with E-state index in [1.165, 1.54) is 12.1 Å². The molecule has 0 saturated carbocycles. The molecule has 0 radical (unpaired) electrons. The van der Waals surface area contributed by atoms with E-state index < -0.39 is 64.9 Å². The Morgan fingerprint density at radius 3 is 2.11 bits per heavy atom. The van der Waals surface area contributed by atoms with Gasteiger partial charge in [0.15, 0.2) is 18.6 Å². The summed E-state index contributed by atoms with van der Waals surface area (Å²) < 4.78 is 128. The van der Waals surface area contributed by atoms with Crippen LogP contribution >= 0.6 is 0 Å². The third-order valence-corrected chi connectivity index (χ3v) is 5.37. The fourth-order valence-electron chi connectivity index (χ4n) is 3.63. The summed E-state index contributed by atoms with van der Waals surface area (Å²) >= 11 is 0. The van der Waals surface area contributed by atoms with Gasteiger partial charge in [-0.05, 0) is 29.8 Å². The van der Waals surface area contributed by atoms with Gasteiger partial charge in [-0.3, -0.25) is 0 Å². The first-order chi connectivity index (χ1) is 16.5. The summed E-state index contributed by atoms with van der Waals surface area (Å²) in [4.78, 5) is 0. The Kier molecular flexibility index (Phi) is 6.92. The van der Waals surface area contributed by atoms with Crippen LogP contribution in [0.3, 0.4) is 0 Å². The van der Waals surface area contributed by atoms with Crippen molar-refractivity contribution >= 4 is 0 Å². The van der Waals surface area contributed by atoms with Crippen molar-refractivity contribution in [2.75, 3.05) is 13.2 Å². The van der Waals surface area contributed by atoms with Crippen molar-refractivity contribution in [3.05, 3.63) is 82.6 Å². The first kappa shape index (κ1) is 25.2. The van der Waals surface area contributed by atoms with Crippen LogP contribution in [0.5, 0.6) is 0 Å². The molecular weight excluding hydrogens is 488 g/mol. The van der Waals surface area contributed by atoms with Gasteiger partial charge in [-0.2, -0.15) is 8.78 Å². The van der Waals surface area contributed by atoms with E-state index in [1.807, 2.05) is 6.92 Å². The molecule has 2 aromatic carbocycles. The first-order valence-corrected chi connectivity index (χ1v) is 10.4. The zero-order valence-electron chi connectivity index (χ0n) is 18.0. The molecule has 2 aliphatic rings. The zero-order valence-corrected chi connectivity index (χ0v) is 18.0. The number of ether oxygens (including phenoxy) is 3. The van der Waals surface area contributed by atoms with Gasteiger partial charge < -0.3 is 14.2 Å². The van der Waals surface area contributed by atoms with Crippen molar-refractivity contribution in [1.82, 2.24) is 0 Å². The van der Waals surface area contributed by atoms with Crippen molar-refractivity contribution in [2.45, 2.75) is 31.7 Å². The van der Waals surface area contributed by atoms with Crippen molar-refractivity contribution in [3.63, 3.8) is 0 Å². The maximum Gasteiger partial charge on any atom is 0.432 e. The topological polar surface area (TPSA) is 27.7 Å². The van der Waals surface area contributed by atoms with Gasteiger partial charge in [0.25, 0.3) is 0 Å². The molecule has 1 heterocycles. The highest BCUT2D eigenvalue weighted by Gasteiger charge is 2.43. The van der Waals surface area contributed by atoms with Crippen LogP contribution in [-0.4, -0.2) is 25.6 Å². The van der Waals surface area contributed by atoms with E-state index >= 15 is 0 Å². The molecule has 0 amide bonds. The minimum absolute atomic E-state index is 0.149. The predicted molar refractivity (Wildman–Crippen MR) is 108 cm³/mol. The average Bonchev–Trinajstić information content (AvgIpc) is 2.76. The molecule has 0 N–H and O–H groups in total. The molecule has 1 aliphatic carbocycles. The molecule has 1 saturated heterocycles. The van der Waals surface area contributed by atoms with E-state index in [-0.39, 0.29) is 23.6 Å². The smallest absolute Gasteiger partial charge is 0.429 e. The highest BCUT2D eigenvalue weighted by molar-refractivity contribution is 5.65. The van der Waals surface area contributed by atoms with Crippen LogP contribution in [0.4, 0.5) is 35.1 Å². The summed E-state index contributed by atoms with van der Waals surface area (Å²) in [7, 11) is 0. The number of benzene rings is 2. The first-order valence-electron chi connectivity index (χ1n) is 10.4. The lowest BCUT2D eigenvalue weighted by Gasteiger charge is -2.27. The van der Waals surface area contributed by atoms with E-state index in [0.29, 0.717) is 30.9 Å². The lowest BCUT2D eigenvalue weighted by atomic mass is 10.00. The average molecular weight is 506 g/mol. The molecule has 11 heteroatoms. The summed E-state index contributed by atoms with van der Waals surface area (Å²) in [5.41, 5.74) is -2.24. The lowest BCUT2D eigenvalue weighted by molar-refractivity contribution is -0.225. The lowest BCUT2D eigenvalue weighted by Crippen LogP contribution is -2.25. The van der Waals surface area contributed by atoms with Gasteiger partial charge in [0.1, 0.15) is 34.6 Å². The Hall–Kier alpha value is -2.92. The molecule has 3 nitrogen and oxygen atoms in total. The number of hydrogen-bond acceptors (Lipinski definition) is 3. The summed E-state index contributed by atoms with van der Waals surface area (Å²) in [6.45, 7) is 2.68. The second-order valence-electron chi connectivity index (χ2n) is 8.22. The monoisotopic (exact) mass is 506 g/mol. The normalized spacial score (nSPS) is 25.2. The van der Waals surface area contributed by atoms with Crippen LogP contribution in [0.1, 0.15) is 24.3 Å². The van der Waals surface area contributed by atoms with E-state index in [0.717, 1.165) is 6.07 Å². The Morgan fingerprint density at radius 1 is 0.914 bits per heavy atom. The molecule has 0 spiro atoms. The molecule has 35 heavy (non-hydrogen) atoms. The third-order valence-electron chi connectivity index (χ3n) is 5.37. The second-order valence-corrected chi connectivity index (χ2v) is 8.22. The van der Waals surface area contributed by atoms with Crippen LogP contribution < -0.4 is 0 Å². The van der Waals surface area contributed by atoms with Gasteiger partial charge in [-0.15, -0.1) is 0 Å². The van der Waals surface area contributed by atoms with E-state index in [1.54, 1.807) is 0 Å². The summed E-state index contributed by atoms with van der Waals surface area (Å²) in [5.74, 6) is -7.24. The predicted octanol–water partition coefficient (Wildman–Crippen LogP) is 6.95. The molecule has 0 aromatic heterocycles.